The standard InChI is InChI=1S/C21H22N2O3/c1-15-6-4-7-20(16(15)2)23(13-5-12-22)21(25)14-26-19-10-8-18(9-11-19)17(3)24/h4,6-11H,5,13-14H2,1-3H3. The Kier molecular flexibility index (Phi) is 6.51. The summed E-state index contributed by atoms with van der Waals surface area (Å²) >= 11 is 0. The molecule has 0 aliphatic rings. The summed E-state index contributed by atoms with van der Waals surface area (Å²) in [4.78, 5) is 25.6. The zero-order valence-electron chi connectivity index (χ0n) is 15.3. The summed E-state index contributed by atoms with van der Waals surface area (Å²) in [5, 5.41) is 8.90. The lowest BCUT2D eigenvalue weighted by Crippen LogP contribution is -2.36. The van der Waals surface area contributed by atoms with Gasteiger partial charge in [0.1, 0.15) is 5.75 Å². The van der Waals surface area contributed by atoms with Gasteiger partial charge in [-0.15, -0.1) is 0 Å². The fourth-order valence-corrected chi connectivity index (χ4v) is 2.58. The molecule has 1 amide bonds. The Bertz CT molecular complexity index is 835. The maximum absolute atomic E-state index is 12.7. The Morgan fingerprint density at radius 2 is 1.81 bits per heavy atom. The topological polar surface area (TPSA) is 70.4 Å². The minimum Gasteiger partial charge on any atom is -0.484 e. The van der Waals surface area contributed by atoms with Crippen LogP contribution in [0.4, 0.5) is 5.69 Å². The molecular weight excluding hydrogens is 328 g/mol. The summed E-state index contributed by atoms with van der Waals surface area (Å²) in [6.07, 6.45) is 0.242. The number of rotatable bonds is 7. The van der Waals surface area contributed by atoms with Crippen molar-refractivity contribution in [1.82, 2.24) is 0 Å². The van der Waals surface area contributed by atoms with Gasteiger partial charge in [-0.05, 0) is 62.2 Å². The number of hydrogen-bond donors (Lipinski definition) is 0. The van der Waals surface area contributed by atoms with Crippen molar-refractivity contribution < 1.29 is 14.3 Å². The van der Waals surface area contributed by atoms with E-state index >= 15 is 0 Å². The minimum absolute atomic E-state index is 0.0229. The summed E-state index contributed by atoms with van der Waals surface area (Å²) in [5.41, 5.74) is 3.47. The van der Waals surface area contributed by atoms with E-state index in [1.807, 2.05) is 32.0 Å². The smallest absolute Gasteiger partial charge is 0.264 e. The number of Topliss-reactive ketones (excluding diaryl/α,β-unsaturated/α-hetero) is 1. The van der Waals surface area contributed by atoms with E-state index in [4.69, 9.17) is 10.00 Å². The first-order valence-electron chi connectivity index (χ1n) is 8.41. The maximum Gasteiger partial charge on any atom is 0.264 e. The Labute approximate surface area is 153 Å². The van der Waals surface area contributed by atoms with Crippen LogP contribution in [0.3, 0.4) is 0 Å². The lowest BCUT2D eigenvalue weighted by Gasteiger charge is -2.24. The summed E-state index contributed by atoms with van der Waals surface area (Å²) in [7, 11) is 0. The molecule has 2 rings (SSSR count). The van der Waals surface area contributed by atoms with E-state index in [1.165, 1.54) is 6.92 Å². The van der Waals surface area contributed by atoms with Crippen molar-refractivity contribution in [3.8, 4) is 11.8 Å². The van der Waals surface area contributed by atoms with Gasteiger partial charge in [0.15, 0.2) is 12.4 Å². The third-order valence-electron chi connectivity index (χ3n) is 4.24. The predicted octanol–water partition coefficient (Wildman–Crippen LogP) is 3.83. The molecule has 0 aliphatic carbocycles. The molecule has 0 N–H and O–H groups in total. The number of benzene rings is 2. The predicted molar refractivity (Wildman–Crippen MR) is 100 cm³/mol. The first kappa shape index (κ1) is 19.2. The molecule has 2 aromatic carbocycles. The van der Waals surface area contributed by atoms with Gasteiger partial charge in [-0.1, -0.05) is 12.1 Å². The molecule has 0 saturated heterocycles. The third-order valence-corrected chi connectivity index (χ3v) is 4.24. The van der Waals surface area contributed by atoms with Crippen LogP contribution in [0.2, 0.25) is 0 Å². The van der Waals surface area contributed by atoms with Crippen LogP contribution < -0.4 is 9.64 Å². The van der Waals surface area contributed by atoms with Gasteiger partial charge < -0.3 is 9.64 Å². The van der Waals surface area contributed by atoms with Crippen molar-refractivity contribution in [3.63, 3.8) is 0 Å². The molecule has 0 atom stereocenters. The van der Waals surface area contributed by atoms with Crippen LogP contribution in [0.5, 0.6) is 5.75 Å². The van der Waals surface area contributed by atoms with Gasteiger partial charge in [0, 0.05) is 17.8 Å². The minimum atomic E-state index is -0.218. The van der Waals surface area contributed by atoms with Gasteiger partial charge in [-0.2, -0.15) is 5.26 Å². The maximum atomic E-state index is 12.7. The van der Waals surface area contributed by atoms with E-state index in [0.717, 1.165) is 16.8 Å². The number of ketones is 1. The highest BCUT2D eigenvalue weighted by Crippen LogP contribution is 2.23. The monoisotopic (exact) mass is 350 g/mol. The average molecular weight is 350 g/mol. The quantitative estimate of drug-likeness (QED) is 0.712. The van der Waals surface area contributed by atoms with Gasteiger partial charge in [0.25, 0.3) is 5.91 Å². The van der Waals surface area contributed by atoms with Crippen molar-refractivity contribution in [2.75, 3.05) is 18.1 Å². The summed E-state index contributed by atoms with van der Waals surface area (Å²) < 4.78 is 5.57. The van der Waals surface area contributed by atoms with Crippen molar-refractivity contribution in [2.24, 2.45) is 0 Å². The van der Waals surface area contributed by atoms with Crippen molar-refractivity contribution in [3.05, 3.63) is 59.2 Å². The van der Waals surface area contributed by atoms with Gasteiger partial charge in [0.05, 0.1) is 12.5 Å². The number of aryl methyl sites for hydroxylation is 1. The number of carbonyl (C=O) groups excluding carboxylic acids is 2. The number of ether oxygens (including phenoxy) is 1. The van der Waals surface area contributed by atoms with Crippen LogP contribution in [0.25, 0.3) is 0 Å². The van der Waals surface area contributed by atoms with Crippen LogP contribution in [0.1, 0.15) is 34.8 Å². The largest absolute Gasteiger partial charge is 0.484 e. The second kappa shape index (κ2) is 8.82. The molecule has 2 aromatic rings. The lowest BCUT2D eigenvalue weighted by atomic mass is 10.1. The molecule has 0 fully saturated rings. The van der Waals surface area contributed by atoms with E-state index in [9.17, 15) is 9.59 Å². The van der Waals surface area contributed by atoms with Gasteiger partial charge in [0.2, 0.25) is 0 Å². The fourth-order valence-electron chi connectivity index (χ4n) is 2.58. The Morgan fingerprint density at radius 1 is 1.12 bits per heavy atom. The summed E-state index contributed by atoms with van der Waals surface area (Å²) in [6, 6.07) is 14.5. The highest BCUT2D eigenvalue weighted by molar-refractivity contribution is 5.95. The number of amides is 1. The SMILES string of the molecule is CC(=O)c1ccc(OCC(=O)N(CCC#N)c2cccc(C)c2C)cc1. The van der Waals surface area contributed by atoms with Crippen molar-refractivity contribution >= 4 is 17.4 Å². The first-order valence-corrected chi connectivity index (χ1v) is 8.41. The Balaban J connectivity index is 2.13. The molecule has 5 heteroatoms. The molecule has 5 nitrogen and oxygen atoms in total. The molecule has 0 bridgehead atoms. The molecule has 26 heavy (non-hydrogen) atoms. The number of carbonyl (C=O) groups is 2. The lowest BCUT2D eigenvalue weighted by molar-refractivity contribution is -0.120. The van der Waals surface area contributed by atoms with Gasteiger partial charge in [-0.25, -0.2) is 0 Å². The molecule has 0 aliphatic heterocycles. The Morgan fingerprint density at radius 3 is 2.42 bits per heavy atom. The molecule has 0 radical (unpaired) electrons. The summed E-state index contributed by atoms with van der Waals surface area (Å²) in [6.45, 7) is 5.61. The first-order chi connectivity index (χ1) is 12.4. The zero-order valence-corrected chi connectivity index (χ0v) is 15.3. The van der Waals surface area contributed by atoms with Crippen molar-refractivity contribution in [2.45, 2.75) is 27.2 Å². The van der Waals surface area contributed by atoms with Crippen LogP contribution in [-0.4, -0.2) is 24.8 Å². The molecular formula is C21H22N2O3. The van der Waals surface area contributed by atoms with Crippen LogP contribution in [0.15, 0.2) is 42.5 Å². The number of anilines is 1. The molecule has 0 heterocycles. The van der Waals surface area contributed by atoms with Crippen molar-refractivity contribution in [1.29, 1.82) is 5.26 Å². The fraction of sp³-hybridized carbons (Fsp3) is 0.286. The number of hydrogen-bond acceptors (Lipinski definition) is 4. The summed E-state index contributed by atoms with van der Waals surface area (Å²) in [5.74, 6) is 0.277. The molecule has 0 spiro atoms. The Hall–Kier alpha value is -3.13. The number of nitriles is 1. The zero-order chi connectivity index (χ0) is 19.1. The van der Waals surface area contributed by atoms with E-state index in [0.29, 0.717) is 17.9 Å². The van der Waals surface area contributed by atoms with E-state index in [2.05, 4.69) is 6.07 Å². The second-order valence-corrected chi connectivity index (χ2v) is 6.04. The molecule has 0 unspecified atom stereocenters. The number of nitrogens with zero attached hydrogens (tertiary/aromatic N) is 2. The van der Waals surface area contributed by atoms with Crippen LogP contribution in [0, 0.1) is 25.2 Å². The normalized spacial score (nSPS) is 10.1. The third kappa shape index (κ3) is 4.70. The van der Waals surface area contributed by atoms with Crippen LogP contribution >= 0.6 is 0 Å². The van der Waals surface area contributed by atoms with Gasteiger partial charge in [-0.3, -0.25) is 9.59 Å². The van der Waals surface area contributed by atoms with E-state index in [1.54, 1.807) is 29.2 Å². The molecule has 0 saturated carbocycles. The highest BCUT2D eigenvalue weighted by atomic mass is 16.5. The van der Waals surface area contributed by atoms with Crippen LogP contribution in [-0.2, 0) is 4.79 Å². The van der Waals surface area contributed by atoms with E-state index < -0.39 is 0 Å². The second-order valence-electron chi connectivity index (χ2n) is 6.04. The molecule has 134 valence electrons. The van der Waals surface area contributed by atoms with E-state index in [-0.39, 0.29) is 24.7 Å². The average Bonchev–Trinajstić information content (AvgIpc) is 2.63. The van der Waals surface area contributed by atoms with Gasteiger partial charge >= 0.3 is 0 Å². The molecule has 0 aromatic heterocycles. The highest BCUT2D eigenvalue weighted by Gasteiger charge is 2.18.